The number of nitrogens with two attached hydrogens (primary N) is 1. The first-order chi connectivity index (χ1) is 16.4. The molecule has 0 saturated heterocycles. The molecule has 2 aliphatic carbocycles. The van der Waals surface area contributed by atoms with Crippen molar-refractivity contribution in [1.29, 1.82) is 0 Å². The van der Waals surface area contributed by atoms with Crippen molar-refractivity contribution in [1.82, 2.24) is 15.0 Å². The molecule has 0 unspecified atom stereocenters. The number of amides is 3. The minimum Gasteiger partial charge on any atom is -0.395 e. The standard InChI is InChI=1S/C25H33N5O3S/c1-16-8-7-13-19(14-16)30(15-20(31)27-17-11-5-6-12-17)25(33)23-21(26)22(29-34-23)24(32)28-18-9-3-2-4-10-18/h7-8,13-14,17-18H,2-6,9-12,15,26H2,1H3,(H,27,31)(H,28,32). The Bertz CT molecular complexity index is 1040. The molecule has 34 heavy (non-hydrogen) atoms. The molecule has 1 aromatic heterocycles. The van der Waals surface area contributed by atoms with Gasteiger partial charge in [0.25, 0.3) is 11.8 Å². The maximum atomic E-state index is 13.6. The first kappa shape index (κ1) is 24.2. The molecular weight excluding hydrogens is 450 g/mol. The van der Waals surface area contributed by atoms with Crippen molar-refractivity contribution in [2.45, 2.75) is 76.8 Å². The van der Waals surface area contributed by atoms with E-state index in [0.29, 0.717) is 5.69 Å². The Labute approximate surface area is 204 Å². The smallest absolute Gasteiger partial charge is 0.273 e. The molecule has 2 saturated carbocycles. The van der Waals surface area contributed by atoms with E-state index in [2.05, 4.69) is 15.0 Å². The number of carbonyl (C=O) groups excluding carboxylic acids is 3. The molecule has 2 fully saturated rings. The summed E-state index contributed by atoms with van der Waals surface area (Å²) in [7, 11) is 0. The minimum absolute atomic E-state index is 0.0668. The van der Waals surface area contributed by atoms with Crippen molar-refractivity contribution in [3.8, 4) is 0 Å². The highest BCUT2D eigenvalue weighted by molar-refractivity contribution is 7.09. The van der Waals surface area contributed by atoms with Crippen LogP contribution in [0.1, 0.15) is 83.5 Å². The summed E-state index contributed by atoms with van der Waals surface area (Å²) >= 11 is 0.903. The average Bonchev–Trinajstić information content (AvgIpc) is 3.47. The van der Waals surface area contributed by atoms with E-state index in [0.717, 1.165) is 68.5 Å². The average molecular weight is 484 g/mol. The fourth-order valence-corrected chi connectivity index (χ4v) is 5.55. The second-order valence-electron chi connectivity index (χ2n) is 9.36. The normalized spacial score (nSPS) is 16.9. The zero-order chi connectivity index (χ0) is 24.1. The van der Waals surface area contributed by atoms with Gasteiger partial charge in [-0.3, -0.25) is 19.3 Å². The van der Waals surface area contributed by atoms with Gasteiger partial charge in [0.05, 0.1) is 5.69 Å². The Morgan fingerprint density at radius 1 is 1.03 bits per heavy atom. The van der Waals surface area contributed by atoms with E-state index in [1.165, 1.54) is 11.3 Å². The van der Waals surface area contributed by atoms with Gasteiger partial charge in [0.2, 0.25) is 5.91 Å². The molecule has 4 rings (SSSR count). The highest BCUT2D eigenvalue weighted by Crippen LogP contribution is 2.27. The number of aromatic nitrogens is 1. The van der Waals surface area contributed by atoms with E-state index in [1.807, 2.05) is 25.1 Å². The predicted octanol–water partition coefficient (Wildman–Crippen LogP) is 3.80. The quantitative estimate of drug-likeness (QED) is 0.554. The summed E-state index contributed by atoms with van der Waals surface area (Å²) in [5.41, 5.74) is 7.98. The van der Waals surface area contributed by atoms with Crippen LogP contribution in [0.4, 0.5) is 11.4 Å². The van der Waals surface area contributed by atoms with Gasteiger partial charge < -0.3 is 16.4 Å². The Hall–Kier alpha value is -2.94. The lowest BCUT2D eigenvalue weighted by Gasteiger charge is -2.23. The van der Waals surface area contributed by atoms with Crippen molar-refractivity contribution in [3.05, 3.63) is 40.4 Å². The Balaban J connectivity index is 1.53. The third-order valence-corrected chi connectivity index (χ3v) is 7.51. The van der Waals surface area contributed by atoms with E-state index >= 15 is 0 Å². The van der Waals surface area contributed by atoms with Gasteiger partial charge in [0.15, 0.2) is 5.69 Å². The fraction of sp³-hybridized carbons (Fsp3) is 0.520. The van der Waals surface area contributed by atoms with Gasteiger partial charge in [-0.2, -0.15) is 4.37 Å². The van der Waals surface area contributed by atoms with Crippen LogP contribution in [0.2, 0.25) is 0 Å². The van der Waals surface area contributed by atoms with Crippen LogP contribution < -0.4 is 21.3 Å². The number of hydrogen-bond acceptors (Lipinski definition) is 6. The van der Waals surface area contributed by atoms with Crippen LogP contribution in [-0.2, 0) is 4.79 Å². The van der Waals surface area contributed by atoms with Gasteiger partial charge in [0, 0.05) is 17.8 Å². The minimum atomic E-state index is -0.432. The highest BCUT2D eigenvalue weighted by atomic mass is 32.1. The Morgan fingerprint density at radius 3 is 2.35 bits per heavy atom. The van der Waals surface area contributed by atoms with Gasteiger partial charge in [0.1, 0.15) is 11.4 Å². The molecule has 3 amide bonds. The van der Waals surface area contributed by atoms with E-state index in [4.69, 9.17) is 5.73 Å². The molecule has 0 radical (unpaired) electrons. The van der Waals surface area contributed by atoms with E-state index in [9.17, 15) is 14.4 Å². The lowest BCUT2D eigenvalue weighted by molar-refractivity contribution is -0.120. The summed E-state index contributed by atoms with van der Waals surface area (Å²) in [6.45, 7) is 1.80. The van der Waals surface area contributed by atoms with Gasteiger partial charge in [-0.1, -0.05) is 44.2 Å². The predicted molar refractivity (Wildman–Crippen MR) is 134 cm³/mol. The summed E-state index contributed by atoms with van der Waals surface area (Å²) in [4.78, 5) is 40.8. The zero-order valence-electron chi connectivity index (χ0n) is 19.6. The Kier molecular flexibility index (Phi) is 7.82. The number of hydrogen-bond donors (Lipinski definition) is 3. The van der Waals surface area contributed by atoms with Crippen molar-refractivity contribution in [3.63, 3.8) is 0 Å². The van der Waals surface area contributed by atoms with Gasteiger partial charge in [-0.05, 0) is 61.8 Å². The molecule has 0 spiro atoms. The number of nitrogens with zero attached hydrogens (tertiary/aromatic N) is 2. The number of benzene rings is 1. The molecule has 1 aromatic carbocycles. The molecule has 9 heteroatoms. The van der Waals surface area contributed by atoms with Crippen LogP contribution in [0.5, 0.6) is 0 Å². The van der Waals surface area contributed by atoms with Crippen molar-refractivity contribution in [2.75, 3.05) is 17.2 Å². The van der Waals surface area contributed by atoms with Gasteiger partial charge >= 0.3 is 0 Å². The maximum Gasteiger partial charge on any atom is 0.273 e. The molecule has 182 valence electrons. The number of anilines is 2. The van der Waals surface area contributed by atoms with Crippen LogP contribution in [0, 0.1) is 6.92 Å². The van der Waals surface area contributed by atoms with Gasteiger partial charge in [-0.15, -0.1) is 0 Å². The molecule has 8 nitrogen and oxygen atoms in total. The largest absolute Gasteiger partial charge is 0.395 e. The van der Waals surface area contributed by atoms with Crippen LogP contribution >= 0.6 is 11.5 Å². The molecule has 0 aliphatic heterocycles. The van der Waals surface area contributed by atoms with E-state index in [-0.39, 0.29) is 46.7 Å². The maximum absolute atomic E-state index is 13.6. The number of nitrogens with one attached hydrogen (secondary N) is 2. The lowest BCUT2D eigenvalue weighted by atomic mass is 9.95. The Morgan fingerprint density at radius 2 is 1.68 bits per heavy atom. The second-order valence-corrected chi connectivity index (χ2v) is 10.1. The summed E-state index contributed by atoms with van der Waals surface area (Å²) in [6.07, 6.45) is 9.40. The SMILES string of the molecule is Cc1cccc(N(CC(=O)NC2CCCC2)C(=O)c2snc(C(=O)NC3CCCCC3)c2N)c1. The van der Waals surface area contributed by atoms with Crippen molar-refractivity contribution in [2.24, 2.45) is 0 Å². The lowest BCUT2D eigenvalue weighted by Crippen LogP contribution is -2.43. The van der Waals surface area contributed by atoms with Crippen molar-refractivity contribution < 1.29 is 14.4 Å². The van der Waals surface area contributed by atoms with Crippen molar-refractivity contribution >= 4 is 40.6 Å². The van der Waals surface area contributed by atoms with E-state index < -0.39 is 5.91 Å². The summed E-state index contributed by atoms with van der Waals surface area (Å²) < 4.78 is 4.21. The van der Waals surface area contributed by atoms with Gasteiger partial charge in [-0.25, -0.2) is 0 Å². The fourth-order valence-electron chi connectivity index (χ4n) is 4.80. The topological polar surface area (TPSA) is 117 Å². The number of nitrogen functional groups attached to an aromatic ring is 1. The third-order valence-electron chi connectivity index (χ3n) is 6.66. The summed E-state index contributed by atoms with van der Waals surface area (Å²) in [6, 6.07) is 7.70. The first-order valence-electron chi connectivity index (χ1n) is 12.2. The van der Waals surface area contributed by atoms with Crippen LogP contribution in [-0.4, -0.2) is 40.7 Å². The summed E-state index contributed by atoms with van der Waals surface area (Å²) in [5.74, 6) is -0.986. The molecule has 0 bridgehead atoms. The molecule has 4 N–H and O–H groups in total. The number of aryl methyl sites for hydroxylation is 1. The zero-order valence-corrected chi connectivity index (χ0v) is 20.5. The highest BCUT2D eigenvalue weighted by Gasteiger charge is 2.29. The molecular formula is C25H33N5O3S. The van der Waals surface area contributed by atoms with E-state index in [1.54, 1.807) is 6.07 Å². The molecule has 2 aromatic rings. The van der Waals surface area contributed by atoms with Crippen LogP contribution in [0.25, 0.3) is 0 Å². The molecule has 1 heterocycles. The number of rotatable bonds is 7. The molecule has 2 aliphatic rings. The number of carbonyl (C=O) groups is 3. The summed E-state index contributed by atoms with van der Waals surface area (Å²) in [5, 5.41) is 6.05. The molecule has 0 atom stereocenters. The van der Waals surface area contributed by atoms with Crippen LogP contribution in [0.3, 0.4) is 0 Å². The first-order valence-corrected chi connectivity index (χ1v) is 12.9. The second kappa shape index (κ2) is 11.0. The third kappa shape index (κ3) is 5.75. The monoisotopic (exact) mass is 483 g/mol. The van der Waals surface area contributed by atoms with Crippen LogP contribution in [0.15, 0.2) is 24.3 Å².